The normalized spacial score (nSPS) is 10.2. The van der Waals surface area contributed by atoms with E-state index in [0.717, 1.165) is 15.6 Å². The van der Waals surface area contributed by atoms with E-state index in [2.05, 4.69) is 35.8 Å². The minimum absolute atomic E-state index is 0.337. The Morgan fingerprint density at radius 1 is 1.47 bits per heavy atom. The molecule has 0 saturated heterocycles. The summed E-state index contributed by atoms with van der Waals surface area (Å²) in [6.45, 7) is 6.08. The number of benzene rings is 1. The summed E-state index contributed by atoms with van der Waals surface area (Å²) in [7, 11) is 1.61. The molecule has 0 amide bonds. The van der Waals surface area contributed by atoms with Crippen LogP contribution in [0.5, 0.6) is 5.75 Å². The van der Waals surface area contributed by atoms with E-state index in [0.29, 0.717) is 17.2 Å². The third kappa shape index (κ3) is 2.15. The minimum atomic E-state index is 0.337. The first-order valence-electron chi connectivity index (χ1n) is 4.80. The summed E-state index contributed by atoms with van der Waals surface area (Å²) in [6, 6.07) is 4.22. The Labute approximate surface area is 99.0 Å². The highest BCUT2D eigenvalue weighted by atomic mass is 79.9. The molecule has 0 aromatic heterocycles. The number of nitrogens with zero attached hydrogens (tertiary/aromatic N) is 1. The molecule has 0 bridgehead atoms. The highest BCUT2D eigenvalue weighted by Crippen LogP contribution is 2.35. The molecule has 0 aliphatic carbocycles. The van der Waals surface area contributed by atoms with Crippen LogP contribution in [0.4, 0.5) is 0 Å². The van der Waals surface area contributed by atoms with Gasteiger partial charge in [0.25, 0.3) is 0 Å². The zero-order valence-electron chi connectivity index (χ0n) is 9.39. The molecule has 80 valence electrons. The Morgan fingerprint density at radius 2 is 2.07 bits per heavy atom. The summed E-state index contributed by atoms with van der Waals surface area (Å²) in [5, 5.41) is 9.11. The van der Waals surface area contributed by atoms with Gasteiger partial charge >= 0.3 is 0 Å². The van der Waals surface area contributed by atoms with Crippen molar-refractivity contribution in [2.75, 3.05) is 7.11 Å². The molecule has 0 heterocycles. The highest BCUT2D eigenvalue weighted by molar-refractivity contribution is 9.10. The standard InChI is InChI=1S/C12H14BrNO/c1-7(2)9-5-11(13)8(3)10(6-14)12(9)15-4/h5,7H,1-4H3. The van der Waals surface area contributed by atoms with Crippen molar-refractivity contribution in [2.24, 2.45) is 0 Å². The number of ether oxygens (including phenoxy) is 1. The van der Waals surface area contributed by atoms with E-state index in [1.54, 1.807) is 7.11 Å². The first-order chi connectivity index (χ1) is 7.02. The summed E-state index contributed by atoms with van der Waals surface area (Å²) < 4.78 is 6.28. The molecule has 15 heavy (non-hydrogen) atoms. The zero-order chi connectivity index (χ0) is 11.6. The predicted octanol–water partition coefficient (Wildman–Crippen LogP) is 3.76. The van der Waals surface area contributed by atoms with Gasteiger partial charge in [-0.05, 0) is 30.0 Å². The average Bonchev–Trinajstić information content (AvgIpc) is 2.20. The summed E-state index contributed by atoms with van der Waals surface area (Å²) in [5.74, 6) is 1.04. The van der Waals surface area contributed by atoms with E-state index in [9.17, 15) is 0 Å². The minimum Gasteiger partial charge on any atom is -0.495 e. The SMILES string of the molecule is COc1c(C(C)C)cc(Br)c(C)c1C#N. The first-order valence-corrected chi connectivity index (χ1v) is 5.59. The summed E-state index contributed by atoms with van der Waals surface area (Å²) >= 11 is 3.46. The van der Waals surface area contributed by atoms with Crippen molar-refractivity contribution in [3.05, 3.63) is 27.2 Å². The molecule has 3 heteroatoms. The number of nitriles is 1. The monoisotopic (exact) mass is 267 g/mol. The van der Waals surface area contributed by atoms with Gasteiger partial charge in [0.1, 0.15) is 11.8 Å². The number of rotatable bonds is 2. The molecule has 0 saturated carbocycles. The zero-order valence-corrected chi connectivity index (χ0v) is 11.0. The van der Waals surface area contributed by atoms with Crippen LogP contribution in [0.3, 0.4) is 0 Å². The Kier molecular flexibility index (Phi) is 3.76. The van der Waals surface area contributed by atoms with Crippen molar-refractivity contribution in [2.45, 2.75) is 26.7 Å². The molecule has 0 fully saturated rings. The number of halogens is 1. The van der Waals surface area contributed by atoms with E-state index in [1.165, 1.54) is 0 Å². The van der Waals surface area contributed by atoms with Crippen LogP contribution in [-0.4, -0.2) is 7.11 Å². The van der Waals surface area contributed by atoms with E-state index in [-0.39, 0.29) is 0 Å². The van der Waals surface area contributed by atoms with Gasteiger partial charge in [-0.1, -0.05) is 29.8 Å². The maximum absolute atomic E-state index is 9.11. The smallest absolute Gasteiger partial charge is 0.140 e. The van der Waals surface area contributed by atoms with Crippen molar-refractivity contribution in [3.8, 4) is 11.8 Å². The van der Waals surface area contributed by atoms with E-state index in [1.807, 2.05) is 13.0 Å². The predicted molar refractivity (Wildman–Crippen MR) is 64.2 cm³/mol. The molecule has 1 aromatic rings. The molecule has 0 radical (unpaired) electrons. The van der Waals surface area contributed by atoms with Crippen LogP contribution in [0.15, 0.2) is 10.5 Å². The lowest BCUT2D eigenvalue weighted by Gasteiger charge is -2.15. The van der Waals surface area contributed by atoms with Crippen LogP contribution >= 0.6 is 15.9 Å². The quantitative estimate of drug-likeness (QED) is 0.818. The fourth-order valence-corrected chi connectivity index (χ4v) is 1.97. The van der Waals surface area contributed by atoms with Crippen LogP contribution in [0.1, 0.15) is 36.5 Å². The second-order valence-corrected chi connectivity index (χ2v) is 4.60. The number of hydrogen-bond donors (Lipinski definition) is 0. The first kappa shape index (κ1) is 12.1. The third-order valence-corrected chi connectivity index (χ3v) is 3.27. The molecule has 0 aliphatic rings. The Bertz CT molecular complexity index is 419. The second-order valence-electron chi connectivity index (χ2n) is 3.75. The average molecular weight is 268 g/mol. The maximum Gasteiger partial charge on any atom is 0.140 e. The van der Waals surface area contributed by atoms with Crippen LogP contribution in [0.25, 0.3) is 0 Å². The summed E-state index contributed by atoms with van der Waals surface area (Å²) in [6.07, 6.45) is 0. The van der Waals surface area contributed by atoms with Gasteiger partial charge in [0.05, 0.1) is 12.7 Å². The van der Waals surface area contributed by atoms with Crippen molar-refractivity contribution in [1.29, 1.82) is 5.26 Å². The summed E-state index contributed by atoms with van der Waals surface area (Å²) in [5.41, 5.74) is 2.61. The van der Waals surface area contributed by atoms with Crippen molar-refractivity contribution >= 4 is 15.9 Å². The Morgan fingerprint density at radius 3 is 2.47 bits per heavy atom. The van der Waals surface area contributed by atoms with Gasteiger partial charge in [-0.2, -0.15) is 5.26 Å². The van der Waals surface area contributed by atoms with Gasteiger partial charge in [0.15, 0.2) is 0 Å². The molecule has 0 spiro atoms. The molecule has 0 N–H and O–H groups in total. The fraction of sp³-hybridized carbons (Fsp3) is 0.417. The molecular weight excluding hydrogens is 254 g/mol. The number of methoxy groups -OCH3 is 1. The molecule has 1 aromatic carbocycles. The lowest BCUT2D eigenvalue weighted by atomic mass is 9.96. The van der Waals surface area contributed by atoms with E-state index < -0.39 is 0 Å². The van der Waals surface area contributed by atoms with Crippen molar-refractivity contribution in [1.82, 2.24) is 0 Å². The third-order valence-electron chi connectivity index (χ3n) is 2.44. The van der Waals surface area contributed by atoms with Crippen molar-refractivity contribution in [3.63, 3.8) is 0 Å². The fourth-order valence-electron chi connectivity index (χ4n) is 1.53. The summed E-state index contributed by atoms with van der Waals surface area (Å²) in [4.78, 5) is 0. The molecule has 0 atom stereocenters. The molecule has 1 rings (SSSR count). The largest absolute Gasteiger partial charge is 0.495 e. The number of hydrogen-bond acceptors (Lipinski definition) is 2. The van der Waals surface area contributed by atoms with Crippen LogP contribution in [-0.2, 0) is 0 Å². The van der Waals surface area contributed by atoms with Gasteiger partial charge in [-0.25, -0.2) is 0 Å². The molecule has 0 aliphatic heterocycles. The van der Waals surface area contributed by atoms with Gasteiger partial charge < -0.3 is 4.74 Å². The van der Waals surface area contributed by atoms with E-state index in [4.69, 9.17) is 10.00 Å². The highest BCUT2D eigenvalue weighted by Gasteiger charge is 2.16. The van der Waals surface area contributed by atoms with Crippen LogP contribution in [0.2, 0.25) is 0 Å². The van der Waals surface area contributed by atoms with Gasteiger partial charge in [0.2, 0.25) is 0 Å². The Balaban J connectivity index is 3.57. The maximum atomic E-state index is 9.11. The molecular formula is C12H14BrNO. The molecule has 2 nitrogen and oxygen atoms in total. The van der Waals surface area contributed by atoms with Crippen LogP contribution < -0.4 is 4.74 Å². The topological polar surface area (TPSA) is 33.0 Å². The van der Waals surface area contributed by atoms with Crippen LogP contribution in [0, 0.1) is 18.3 Å². The second kappa shape index (κ2) is 4.67. The van der Waals surface area contributed by atoms with Gasteiger partial charge in [0, 0.05) is 4.47 Å². The van der Waals surface area contributed by atoms with Gasteiger partial charge in [-0.3, -0.25) is 0 Å². The van der Waals surface area contributed by atoms with Gasteiger partial charge in [-0.15, -0.1) is 0 Å². The molecule has 0 unspecified atom stereocenters. The van der Waals surface area contributed by atoms with Crippen molar-refractivity contribution < 1.29 is 4.74 Å². The lowest BCUT2D eigenvalue weighted by molar-refractivity contribution is 0.405. The Hall–Kier alpha value is -1.01. The van der Waals surface area contributed by atoms with E-state index >= 15 is 0 Å². The lowest BCUT2D eigenvalue weighted by Crippen LogP contribution is -2.00.